The van der Waals surface area contributed by atoms with Crippen molar-refractivity contribution in [2.45, 2.75) is 19.5 Å². The van der Waals surface area contributed by atoms with Gasteiger partial charge in [-0.2, -0.15) is 0 Å². The van der Waals surface area contributed by atoms with Gasteiger partial charge in [-0.25, -0.2) is 0 Å². The standard InChI is InChI=1S/C11H13N3S/c1-9(10-3-2-4-12-5-10)14-7-11-6-13-8-15-11/h2-6,8-9,14H,7H2,1H3/t9-/m0/s1. The average Bonchev–Trinajstić information content (AvgIpc) is 2.80. The van der Waals surface area contributed by atoms with Crippen molar-refractivity contribution in [1.29, 1.82) is 0 Å². The van der Waals surface area contributed by atoms with Gasteiger partial charge in [0.15, 0.2) is 0 Å². The van der Waals surface area contributed by atoms with Crippen LogP contribution in [0.25, 0.3) is 0 Å². The number of thiazole rings is 1. The van der Waals surface area contributed by atoms with Crippen LogP contribution in [0.5, 0.6) is 0 Å². The molecule has 0 bridgehead atoms. The maximum atomic E-state index is 4.10. The highest BCUT2D eigenvalue weighted by molar-refractivity contribution is 7.09. The van der Waals surface area contributed by atoms with Crippen LogP contribution in [0.1, 0.15) is 23.4 Å². The van der Waals surface area contributed by atoms with E-state index in [0.717, 1.165) is 6.54 Å². The van der Waals surface area contributed by atoms with Gasteiger partial charge in [0, 0.05) is 36.1 Å². The lowest BCUT2D eigenvalue weighted by atomic mass is 10.1. The first-order valence-corrected chi connectivity index (χ1v) is 5.75. The third-order valence-corrected chi connectivity index (χ3v) is 3.03. The van der Waals surface area contributed by atoms with Crippen LogP contribution in [0.4, 0.5) is 0 Å². The molecule has 15 heavy (non-hydrogen) atoms. The molecule has 0 radical (unpaired) electrons. The Morgan fingerprint density at radius 2 is 2.33 bits per heavy atom. The predicted molar refractivity (Wildman–Crippen MR) is 61.6 cm³/mol. The van der Waals surface area contributed by atoms with Gasteiger partial charge in [0.1, 0.15) is 0 Å². The van der Waals surface area contributed by atoms with Gasteiger partial charge >= 0.3 is 0 Å². The van der Waals surface area contributed by atoms with Crippen LogP contribution in [0.15, 0.2) is 36.2 Å². The maximum Gasteiger partial charge on any atom is 0.0794 e. The van der Waals surface area contributed by atoms with Gasteiger partial charge in [0.2, 0.25) is 0 Å². The molecule has 1 N–H and O–H groups in total. The molecule has 2 heterocycles. The zero-order valence-corrected chi connectivity index (χ0v) is 9.37. The summed E-state index contributed by atoms with van der Waals surface area (Å²) in [6.07, 6.45) is 5.58. The summed E-state index contributed by atoms with van der Waals surface area (Å²) in [4.78, 5) is 9.40. The van der Waals surface area contributed by atoms with Gasteiger partial charge in [-0.3, -0.25) is 9.97 Å². The van der Waals surface area contributed by atoms with Gasteiger partial charge in [0.05, 0.1) is 5.51 Å². The Kier molecular flexibility index (Phi) is 3.42. The Bertz CT molecular complexity index is 385. The van der Waals surface area contributed by atoms with E-state index in [0.29, 0.717) is 6.04 Å². The third kappa shape index (κ3) is 2.84. The zero-order valence-electron chi connectivity index (χ0n) is 8.55. The summed E-state index contributed by atoms with van der Waals surface area (Å²) in [5.41, 5.74) is 3.06. The SMILES string of the molecule is C[C@H](NCc1cncs1)c1cccnc1. The molecule has 0 amide bonds. The molecule has 4 heteroatoms. The van der Waals surface area contributed by atoms with Gasteiger partial charge in [-0.05, 0) is 18.6 Å². The minimum Gasteiger partial charge on any atom is -0.305 e. The first kappa shape index (κ1) is 10.3. The van der Waals surface area contributed by atoms with E-state index < -0.39 is 0 Å². The van der Waals surface area contributed by atoms with Crippen molar-refractivity contribution in [2.24, 2.45) is 0 Å². The van der Waals surface area contributed by atoms with Crippen LogP contribution in [0.3, 0.4) is 0 Å². The molecule has 2 rings (SSSR count). The monoisotopic (exact) mass is 219 g/mol. The summed E-state index contributed by atoms with van der Waals surface area (Å²) in [5, 5.41) is 3.43. The molecule has 0 aliphatic carbocycles. The number of aromatic nitrogens is 2. The quantitative estimate of drug-likeness (QED) is 0.858. The summed E-state index contributed by atoms with van der Waals surface area (Å²) in [6.45, 7) is 3.00. The van der Waals surface area contributed by atoms with Gasteiger partial charge < -0.3 is 5.32 Å². The minimum atomic E-state index is 0.320. The summed E-state index contributed by atoms with van der Waals surface area (Å²) < 4.78 is 0. The molecule has 2 aromatic heterocycles. The smallest absolute Gasteiger partial charge is 0.0794 e. The molecule has 2 aromatic rings. The van der Waals surface area contributed by atoms with E-state index in [9.17, 15) is 0 Å². The highest BCUT2D eigenvalue weighted by Gasteiger charge is 2.04. The molecule has 0 unspecified atom stereocenters. The van der Waals surface area contributed by atoms with Crippen molar-refractivity contribution in [1.82, 2.24) is 15.3 Å². The highest BCUT2D eigenvalue weighted by Crippen LogP contribution is 2.12. The molecule has 0 fully saturated rings. The second-order valence-corrected chi connectivity index (χ2v) is 4.33. The fraction of sp³-hybridized carbons (Fsp3) is 0.273. The molecule has 3 nitrogen and oxygen atoms in total. The third-order valence-electron chi connectivity index (χ3n) is 2.25. The molecule has 0 aromatic carbocycles. The minimum absolute atomic E-state index is 0.320. The zero-order chi connectivity index (χ0) is 10.5. The maximum absolute atomic E-state index is 4.10. The first-order valence-electron chi connectivity index (χ1n) is 4.87. The van der Waals surface area contributed by atoms with Crippen LogP contribution in [0.2, 0.25) is 0 Å². The normalized spacial score (nSPS) is 12.6. The molecular weight excluding hydrogens is 206 g/mol. The first-order chi connectivity index (χ1) is 7.36. The Labute approximate surface area is 93.2 Å². The van der Waals surface area contributed by atoms with Crippen molar-refractivity contribution < 1.29 is 0 Å². The van der Waals surface area contributed by atoms with Crippen molar-refractivity contribution in [3.05, 3.63) is 46.7 Å². The average molecular weight is 219 g/mol. The fourth-order valence-corrected chi connectivity index (χ4v) is 1.88. The second kappa shape index (κ2) is 5.00. The van der Waals surface area contributed by atoms with E-state index in [-0.39, 0.29) is 0 Å². The van der Waals surface area contributed by atoms with Crippen LogP contribution in [-0.4, -0.2) is 9.97 Å². The van der Waals surface area contributed by atoms with Crippen LogP contribution < -0.4 is 5.32 Å². The van der Waals surface area contributed by atoms with Gasteiger partial charge in [-0.15, -0.1) is 11.3 Å². The number of pyridine rings is 1. The van der Waals surface area contributed by atoms with Gasteiger partial charge in [-0.1, -0.05) is 6.07 Å². The van der Waals surface area contributed by atoms with E-state index in [1.165, 1.54) is 10.4 Å². The van der Waals surface area contributed by atoms with E-state index in [1.54, 1.807) is 17.5 Å². The molecule has 0 aliphatic heterocycles. The lowest BCUT2D eigenvalue weighted by Crippen LogP contribution is -2.17. The van der Waals surface area contributed by atoms with E-state index in [1.807, 2.05) is 24.0 Å². The van der Waals surface area contributed by atoms with E-state index in [4.69, 9.17) is 0 Å². The lowest BCUT2D eigenvalue weighted by Gasteiger charge is -2.12. The topological polar surface area (TPSA) is 37.8 Å². The Morgan fingerprint density at radius 1 is 1.40 bits per heavy atom. The molecule has 78 valence electrons. The molecular formula is C11H13N3S. The van der Waals surface area contributed by atoms with Crippen molar-refractivity contribution in [3.63, 3.8) is 0 Å². The predicted octanol–water partition coefficient (Wildman–Crippen LogP) is 2.39. The Balaban J connectivity index is 1.90. The van der Waals surface area contributed by atoms with E-state index >= 15 is 0 Å². The molecule has 0 aliphatic rings. The highest BCUT2D eigenvalue weighted by atomic mass is 32.1. The largest absolute Gasteiger partial charge is 0.305 e. The van der Waals surface area contributed by atoms with E-state index in [2.05, 4.69) is 28.3 Å². The van der Waals surface area contributed by atoms with Gasteiger partial charge in [0.25, 0.3) is 0 Å². The number of rotatable bonds is 4. The Hall–Kier alpha value is -1.26. The van der Waals surface area contributed by atoms with Crippen LogP contribution in [-0.2, 0) is 6.54 Å². The molecule has 0 spiro atoms. The molecule has 0 saturated heterocycles. The summed E-state index contributed by atoms with van der Waals surface area (Å²) in [7, 11) is 0. The van der Waals surface area contributed by atoms with Crippen LogP contribution >= 0.6 is 11.3 Å². The lowest BCUT2D eigenvalue weighted by molar-refractivity contribution is 0.577. The summed E-state index contributed by atoms with van der Waals surface area (Å²) in [5.74, 6) is 0. The fourth-order valence-electron chi connectivity index (χ4n) is 1.33. The number of hydrogen-bond donors (Lipinski definition) is 1. The van der Waals surface area contributed by atoms with Crippen molar-refractivity contribution in [2.75, 3.05) is 0 Å². The van der Waals surface area contributed by atoms with Crippen LogP contribution in [0, 0.1) is 0 Å². The summed E-state index contributed by atoms with van der Waals surface area (Å²) in [6, 6.07) is 4.36. The second-order valence-electron chi connectivity index (χ2n) is 3.36. The number of nitrogens with zero attached hydrogens (tertiary/aromatic N) is 2. The number of nitrogens with one attached hydrogen (secondary N) is 1. The molecule has 1 atom stereocenters. The summed E-state index contributed by atoms with van der Waals surface area (Å²) >= 11 is 1.67. The Morgan fingerprint density at radius 3 is 3.00 bits per heavy atom. The molecule has 0 saturated carbocycles. The van der Waals surface area contributed by atoms with Crippen molar-refractivity contribution in [3.8, 4) is 0 Å². The number of hydrogen-bond acceptors (Lipinski definition) is 4. The van der Waals surface area contributed by atoms with Crippen molar-refractivity contribution >= 4 is 11.3 Å².